The monoisotopic (exact) mass is 341 g/mol. The van der Waals surface area contributed by atoms with Gasteiger partial charge >= 0.3 is 0 Å². The van der Waals surface area contributed by atoms with E-state index in [9.17, 15) is 0 Å². The highest BCUT2D eigenvalue weighted by Crippen LogP contribution is 2.33. The maximum absolute atomic E-state index is 5.91. The summed E-state index contributed by atoms with van der Waals surface area (Å²) >= 11 is 0. The Bertz CT molecular complexity index is 379. The van der Waals surface area contributed by atoms with Crippen molar-refractivity contribution in [1.82, 2.24) is 4.90 Å². The second-order valence-corrected chi connectivity index (χ2v) is 8.68. The summed E-state index contributed by atoms with van der Waals surface area (Å²) in [6.07, 6.45) is 6.08. The molecule has 24 heavy (non-hydrogen) atoms. The Morgan fingerprint density at radius 3 is 1.96 bits per heavy atom. The minimum atomic E-state index is 0.267. The maximum Gasteiger partial charge on any atom is 0.0830 e. The molecule has 1 aliphatic heterocycles. The van der Waals surface area contributed by atoms with Gasteiger partial charge in [0.15, 0.2) is 0 Å². The normalized spacial score (nSPS) is 34.5. The van der Waals surface area contributed by atoms with Crippen LogP contribution >= 0.6 is 0 Å². The largest absolute Gasteiger partial charge is 0.381 e. The molecule has 0 spiro atoms. The van der Waals surface area contributed by atoms with E-state index < -0.39 is 0 Å². The highest BCUT2D eigenvalue weighted by atomic mass is 16.5. The fourth-order valence-corrected chi connectivity index (χ4v) is 3.59. The Labute approximate surface area is 147 Å². The Kier molecular flexibility index (Phi) is 6.20. The topological polar surface area (TPSA) is 40.2 Å². The van der Waals surface area contributed by atoms with Crippen LogP contribution in [0.1, 0.15) is 46.5 Å². The minimum Gasteiger partial charge on any atom is -0.381 e. The van der Waals surface area contributed by atoms with E-state index in [4.69, 9.17) is 18.9 Å². The van der Waals surface area contributed by atoms with Crippen LogP contribution in [0.15, 0.2) is 0 Å². The molecule has 3 fully saturated rings. The molecule has 3 aliphatic rings. The highest BCUT2D eigenvalue weighted by molar-refractivity contribution is 4.89. The number of ether oxygens (including phenoxy) is 4. The summed E-state index contributed by atoms with van der Waals surface area (Å²) in [6, 6.07) is 0. The van der Waals surface area contributed by atoms with Gasteiger partial charge in [-0.3, -0.25) is 4.90 Å². The zero-order chi connectivity index (χ0) is 17.2. The molecular weight excluding hydrogens is 306 g/mol. The second kappa shape index (κ2) is 8.00. The van der Waals surface area contributed by atoms with Crippen LogP contribution in [0.4, 0.5) is 0 Å². The van der Waals surface area contributed by atoms with Crippen LogP contribution in [-0.2, 0) is 18.9 Å². The summed E-state index contributed by atoms with van der Waals surface area (Å²) in [5.74, 6) is 0.685. The lowest BCUT2D eigenvalue weighted by Gasteiger charge is -2.47. The van der Waals surface area contributed by atoms with Gasteiger partial charge in [-0.05, 0) is 52.4 Å². The van der Waals surface area contributed by atoms with Gasteiger partial charge in [-0.25, -0.2) is 0 Å². The number of likely N-dealkylation sites (tertiary alicyclic amines) is 1. The lowest BCUT2D eigenvalue weighted by Crippen LogP contribution is -2.59. The molecule has 3 rings (SSSR count). The van der Waals surface area contributed by atoms with Gasteiger partial charge in [0.25, 0.3) is 0 Å². The van der Waals surface area contributed by atoms with Gasteiger partial charge in [0.1, 0.15) is 0 Å². The molecule has 1 saturated heterocycles. The average Bonchev–Trinajstić information content (AvgIpc) is 2.37. The lowest BCUT2D eigenvalue weighted by molar-refractivity contribution is -0.130. The fraction of sp³-hybridized carbons (Fsp3) is 1.00. The predicted molar refractivity (Wildman–Crippen MR) is 93.3 cm³/mol. The number of hydrogen-bond donors (Lipinski definition) is 0. The standard InChI is InChI=1S/C19H35NO4/c1-19(2,3)20-11-18(12-20)23-6-5-22-16-7-14(8-16)13-24-17-9-15(10-17)21-4/h14-18H,5-13H2,1-4H3. The highest BCUT2D eigenvalue weighted by Gasteiger charge is 2.36. The van der Waals surface area contributed by atoms with Crippen molar-refractivity contribution in [2.45, 2.75) is 76.4 Å². The number of methoxy groups -OCH3 is 1. The first-order chi connectivity index (χ1) is 11.4. The van der Waals surface area contributed by atoms with Crippen LogP contribution in [0, 0.1) is 5.92 Å². The molecule has 0 aromatic carbocycles. The molecule has 0 N–H and O–H groups in total. The molecule has 0 aromatic heterocycles. The van der Waals surface area contributed by atoms with Crippen LogP contribution in [0.25, 0.3) is 0 Å². The van der Waals surface area contributed by atoms with E-state index in [-0.39, 0.29) is 5.54 Å². The Morgan fingerprint density at radius 1 is 0.792 bits per heavy atom. The number of hydrogen-bond acceptors (Lipinski definition) is 5. The van der Waals surface area contributed by atoms with Crippen molar-refractivity contribution >= 4 is 0 Å². The Hall–Kier alpha value is -0.200. The van der Waals surface area contributed by atoms with E-state index in [1.807, 2.05) is 0 Å². The molecule has 5 heteroatoms. The Morgan fingerprint density at radius 2 is 1.38 bits per heavy atom. The van der Waals surface area contributed by atoms with Crippen LogP contribution in [0.5, 0.6) is 0 Å². The van der Waals surface area contributed by atoms with Crippen molar-refractivity contribution in [2.75, 3.05) is 40.0 Å². The van der Waals surface area contributed by atoms with Gasteiger partial charge in [0.2, 0.25) is 0 Å². The van der Waals surface area contributed by atoms with E-state index in [1.54, 1.807) is 7.11 Å². The fourth-order valence-electron chi connectivity index (χ4n) is 3.59. The molecule has 5 nitrogen and oxygen atoms in total. The van der Waals surface area contributed by atoms with Crippen LogP contribution in [-0.4, -0.2) is 74.9 Å². The summed E-state index contributed by atoms with van der Waals surface area (Å²) in [7, 11) is 1.78. The third-order valence-electron chi connectivity index (χ3n) is 5.73. The molecule has 1 heterocycles. The first-order valence-electron chi connectivity index (χ1n) is 9.56. The van der Waals surface area contributed by atoms with E-state index in [2.05, 4.69) is 25.7 Å². The first kappa shape index (κ1) is 18.6. The quantitative estimate of drug-likeness (QED) is 0.603. The first-order valence-corrected chi connectivity index (χ1v) is 9.56. The smallest absolute Gasteiger partial charge is 0.0830 e. The summed E-state index contributed by atoms with van der Waals surface area (Å²) < 4.78 is 22.9. The average molecular weight is 341 g/mol. The SMILES string of the molecule is COC1CC(OCC2CC(OCCOC3CN(C(C)(C)C)C3)C2)C1. The van der Waals surface area contributed by atoms with E-state index >= 15 is 0 Å². The van der Waals surface area contributed by atoms with Crippen molar-refractivity contribution < 1.29 is 18.9 Å². The lowest BCUT2D eigenvalue weighted by atomic mass is 9.82. The van der Waals surface area contributed by atoms with E-state index in [1.165, 1.54) is 0 Å². The summed E-state index contributed by atoms with van der Waals surface area (Å²) in [6.45, 7) is 11.2. The minimum absolute atomic E-state index is 0.267. The van der Waals surface area contributed by atoms with Gasteiger partial charge < -0.3 is 18.9 Å². The third-order valence-corrected chi connectivity index (χ3v) is 5.73. The number of rotatable bonds is 9. The van der Waals surface area contributed by atoms with Crippen molar-refractivity contribution in [3.8, 4) is 0 Å². The van der Waals surface area contributed by atoms with Crippen molar-refractivity contribution in [3.05, 3.63) is 0 Å². The van der Waals surface area contributed by atoms with Crippen molar-refractivity contribution in [2.24, 2.45) is 5.92 Å². The molecule has 0 bridgehead atoms. The molecule has 0 aromatic rings. The van der Waals surface area contributed by atoms with Crippen LogP contribution < -0.4 is 0 Å². The van der Waals surface area contributed by atoms with Gasteiger partial charge in [-0.1, -0.05) is 0 Å². The zero-order valence-corrected chi connectivity index (χ0v) is 15.8. The molecule has 140 valence electrons. The molecule has 0 radical (unpaired) electrons. The van der Waals surface area contributed by atoms with Crippen molar-refractivity contribution in [3.63, 3.8) is 0 Å². The van der Waals surface area contributed by atoms with Crippen LogP contribution in [0.2, 0.25) is 0 Å². The maximum atomic E-state index is 5.91. The molecule has 0 atom stereocenters. The van der Waals surface area contributed by atoms with E-state index in [0.717, 1.165) is 58.6 Å². The molecular formula is C19H35NO4. The van der Waals surface area contributed by atoms with Gasteiger partial charge in [0, 0.05) is 32.3 Å². The molecule has 0 unspecified atom stereocenters. The predicted octanol–water partition coefficient (Wildman–Crippen LogP) is 2.47. The van der Waals surface area contributed by atoms with Crippen molar-refractivity contribution in [1.29, 1.82) is 0 Å². The summed E-state index contributed by atoms with van der Waals surface area (Å²) in [5, 5.41) is 0. The summed E-state index contributed by atoms with van der Waals surface area (Å²) in [4.78, 5) is 2.45. The number of nitrogens with zero attached hydrogens (tertiary/aromatic N) is 1. The van der Waals surface area contributed by atoms with Gasteiger partial charge in [0.05, 0.1) is 37.6 Å². The van der Waals surface area contributed by atoms with E-state index in [0.29, 0.717) is 30.3 Å². The second-order valence-electron chi connectivity index (χ2n) is 8.68. The molecule has 0 amide bonds. The summed E-state index contributed by atoms with van der Waals surface area (Å²) in [5.41, 5.74) is 0.267. The van der Waals surface area contributed by atoms with Crippen LogP contribution in [0.3, 0.4) is 0 Å². The molecule has 2 aliphatic carbocycles. The zero-order valence-electron chi connectivity index (χ0n) is 15.8. The third kappa shape index (κ3) is 4.92. The van der Waals surface area contributed by atoms with Gasteiger partial charge in [-0.15, -0.1) is 0 Å². The Balaban J connectivity index is 1.12. The molecule has 2 saturated carbocycles. The van der Waals surface area contributed by atoms with Gasteiger partial charge in [-0.2, -0.15) is 0 Å².